The number of nitrogens with one attached hydrogen (secondary N) is 2. The quantitative estimate of drug-likeness (QED) is 0.285. The summed E-state index contributed by atoms with van der Waals surface area (Å²) in [6, 6.07) is 3.16. The van der Waals surface area contributed by atoms with Crippen LogP contribution in [-0.4, -0.2) is 28.0 Å². The maximum absolute atomic E-state index is 11.4. The van der Waals surface area contributed by atoms with E-state index in [9.17, 15) is 10.1 Å². The van der Waals surface area contributed by atoms with Crippen LogP contribution < -0.4 is 22.1 Å². The van der Waals surface area contributed by atoms with Gasteiger partial charge in [0.05, 0.1) is 20.7 Å². The Morgan fingerprint density at radius 3 is 2.38 bits per heavy atom. The number of benzene rings is 1. The zero-order chi connectivity index (χ0) is 21.0. The van der Waals surface area contributed by atoms with E-state index in [0.29, 0.717) is 30.6 Å². The van der Waals surface area contributed by atoms with Gasteiger partial charge in [-0.1, -0.05) is 23.2 Å². The molecular formula is C18H23Cl2N7O2. The third-order valence-electron chi connectivity index (χ3n) is 5.16. The summed E-state index contributed by atoms with van der Waals surface area (Å²) < 4.78 is 0. The molecule has 0 spiro atoms. The zero-order valence-electron chi connectivity index (χ0n) is 15.7. The Balaban J connectivity index is 1.73. The van der Waals surface area contributed by atoms with E-state index >= 15 is 0 Å². The third-order valence-corrected chi connectivity index (χ3v) is 5.78. The summed E-state index contributed by atoms with van der Waals surface area (Å²) in [5.41, 5.74) is 12.1. The summed E-state index contributed by atoms with van der Waals surface area (Å²) in [6.45, 7) is 1.32. The van der Waals surface area contributed by atoms with Crippen molar-refractivity contribution in [2.45, 2.75) is 25.7 Å². The van der Waals surface area contributed by atoms with Gasteiger partial charge >= 0.3 is 5.69 Å². The van der Waals surface area contributed by atoms with E-state index in [4.69, 9.17) is 34.7 Å². The molecule has 1 heterocycles. The summed E-state index contributed by atoms with van der Waals surface area (Å²) in [5.74, 6) is 1.36. The SMILES string of the molecule is NCC1CCC(CNc2nc(Nc3cc(Cl)c(N)c(Cl)c3)ncc2[N+](=O)[O-])CC1. The van der Waals surface area contributed by atoms with Crippen molar-refractivity contribution in [1.82, 2.24) is 9.97 Å². The van der Waals surface area contributed by atoms with Crippen molar-refractivity contribution in [3.8, 4) is 0 Å². The molecule has 9 nitrogen and oxygen atoms in total. The van der Waals surface area contributed by atoms with Crippen molar-refractivity contribution in [1.29, 1.82) is 0 Å². The lowest BCUT2D eigenvalue weighted by atomic mass is 9.82. The lowest BCUT2D eigenvalue weighted by Crippen LogP contribution is -2.25. The first-order chi connectivity index (χ1) is 13.9. The number of nitrogens with zero attached hydrogens (tertiary/aromatic N) is 3. The van der Waals surface area contributed by atoms with E-state index in [0.717, 1.165) is 25.7 Å². The number of hydrogen-bond acceptors (Lipinski definition) is 8. The molecule has 6 N–H and O–H groups in total. The fraction of sp³-hybridized carbons (Fsp3) is 0.444. The Kier molecular flexibility index (Phi) is 6.94. The van der Waals surface area contributed by atoms with Crippen LogP contribution >= 0.6 is 23.2 Å². The van der Waals surface area contributed by atoms with E-state index < -0.39 is 4.92 Å². The Bertz CT molecular complexity index is 866. The molecule has 1 saturated carbocycles. The van der Waals surface area contributed by atoms with E-state index in [2.05, 4.69) is 20.6 Å². The monoisotopic (exact) mass is 439 g/mol. The minimum absolute atomic E-state index is 0.168. The summed E-state index contributed by atoms with van der Waals surface area (Å²) >= 11 is 12.1. The largest absolute Gasteiger partial charge is 0.396 e. The predicted molar refractivity (Wildman–Crippen MR) is 116 cm³/mol. The van der Waals surface area contributed by atoms with Gasteiger partial charge < -0.3 is 22.1 Å². The second-order valence-electron chi connectivity index (χ2n) is 7.17. The maximum atomic E-state index is 11.4. The first kappa shape index (κ1) is 21.4. The van der Waals surface area contributed by atoms with Gasteiger partial charge in [0, 0.05) is 12.2 Å². The second kappa shape index (κ2) is 9.43. The van der Waals surface area contributed by atoms with Crippen molar-refractivity contribution in [3.63, 3.8) is 0 Å². The highest BCUT2D eigenvalue weighted by atomic mass is 35.5. The number of rotatable bonds is 7. The lowest BCUT2D eigenvalue weighted by molar-refractivity contribution is -0.384. The molecular weight excluding hydrogens is 417 g/mol. The number of hydrogen-bond donors (Lipinski definition) is 4. The number of anilines is 4. The van der Waals surface area contributed by atoms with Crippen LogP contribution in [0.15, 0.2) is 18.3 Å². The average Bonchev–Trinajstić information content (AvgIpc) is 2.70. The molecule has 1 aromatic heterocycles. The highest BCUT2D eigenvalue weighted by molar-refractivity contribution is 6.39. The number of nitro groups is 1. The molecule has 1 aliphatic rings. The smallest absolute Gasteiger partial charge is 0.329 e. The summed E-state index contributed by atoms with van der Waals surface area (Å²) in [7, 11) is 0. The molecule has 0 amide bonds. The maximum Gasteiger partial charge on any atom is 0.329 e. The molecule has 1 fully saturated rings. The first-order valence-corrected chi connectivity index (χ1v) is 10.1. The minimum Gasteiger partial charge on any atom is -0.396 e. The van der Waals surface area contributed by atoms with Crippen LogP contribution in [0.3, 0.4) is 0 Å². The van der Waals surface area contributed by atoms with Crippen LogP contribution in [0, 0.1) is 22.0 Å². The Hall–Kier alpha value is -2.36. The molecule has 0 bridgehead atoms. The molecule has 0 atom stereocenters. The van der Waals surface area contributed by atoms with Crippen molar-refractivity contribution < 1.29 is 4.92 Å². The summed E-state index contributed by atoms with van der Waals surface area (Å²) in [4.78, 5) is 19.1. The molecule has 156 valence electrons. The van der Waals surface area contributed by atoms with Crippen LogP contribution in [0.4, 0.5) is 28.8 Å². The van der Waals surface area contributed by atoms with Gasteiger partial charge in [0.15, 0.2) is 0 Å². The molecule has 0 saturated heterocycles. The molecule has 0 unspecified atom stereocenters. The molecule has 0 aliphatic heterocycles. The van der Waals surface area contributed by atoms with Crippen molar-refractivity contribution in [2.24, 2.45) is 17.6 Å². The Morgan fingerprint density at radius 2 is 1.79 bits per heavy atom. The van der Waals surface area contributed by atoms with Crippen LogP contribution in [0.5, 0.6) is 0 Å². The third kappa shape index (κ3) is 5.37. The lowest BCUT2D eigenvalue weighted by Gasteiger charge is -2.27. The molecule has 0 radical (unpaired) electrons. The van der Waals surface area contributed by atoms with Gasteiger partial charge in [-0.2, -0.15) is 4.98 Å². The number of halogens is 2. The summed E-state index contributed by atoms with van der Waals surface area (Å²) in [5, 5.41) is 18.0. The van der Waals surface area contributed by atoms with Gasteiger partial charge in [-0.3, -0.25) is 10.1 Å². The predicted octanol–water partition coefficient (Wildman–Crippen LogP) is 4.19. The van der Waals surface area contributed by atoms with Crippen molar-refractivity contribution >= 4 is 52.0 Å². The molecule has 1 aromatic carbocycles. The fourth-order valence-electron chi connectivity index (χ4n) is 3.40. The number of aromatic nitrogens is 2. The van der Waals surface area contributed by atoms with Gasteiger partial charge in [-0.15, -0.1) is 0 Å². The minimum atomic E-state index is -0.506. The Labute approximate surface area is 178 Å². The van der Waals surface area contributed by atoms with Crippen LogP contribution in [-0.2, 0) is 0 Å². The number of nitrogens with two attached hydrogens (primary N) is 2. The second-order valence-corrected chi connectivity index (χ2v) is 7.98. The first-order valence-electron chi connectivity index (χ1n) is 9.34. The van der Waals surface area contributed by atoms with E-state index in [1.54, 1.807) is 12.1 Å². The topological polar surface area (TPSA) is 145 Å². The van der Waals surface area contributed by atoms with Gasteiger partial charge in [0.2, 0.25) is 11.8 Å². The number of nitrogen functional groups attached to an aromatic ring is 1. The van der Waals surface area contributed by atoms with Gasteiger partial charge in [-0.25, -0.2) is 4.98 Å². The molecule has 1 aliphatic carbocycles. The van der Waals surface area contributed by atoms with E-state index in [-0.39, 0.29) is 33.2 Å². The zero-order valence-corrected chi connectivity index (χ0v) is 17.2. The average molecular weight is 440 g/mol. The van der Waals surface area contributed by atoms with Crippen molar-refractivity contribution in [3.05, 3.63) is 38.5 Å². The van der Waals surface area contributed by atoms with Crippen LogP contribution in [0.1, 0.15) is 25.7 Å². The molecule has 11 heteroatoms. The van der Waals surface area contributed by atoms with Crippen LogP contribution in [0.2, 0.25) is 10.0 Å². The highest BCUT2D eigenvalue weighted by Crippen LogP contribution is 2.33. The van der Waals surface area contributed by atoms with E-state index in [1.807, 2.05) is 0 Å². The molecule has 29 heavy (non-hydrogen) atoms. The van der Waals surface area contributed by atoms with Crippen molar-refractivity contribution in [2.75, 3.05) is 29.5 Å². The summed E-state index contributed by atoms with van der Waals surface area (Å²) in [6.07, 6.45) is 5.42. The van der Waals surface area contributed by atoms with E-state index in [1.165, 1.54) is 6.20 Å². The van der Waals surface area contributed by atoms with Gasteiger partial charge in [-0.05, 0) is 56.2 Å². The Morgan fingerprint density at radius 1 is 1.17 bits per heavy atom. The molecule has 3 rings (SSSR count). The molecule has 2 aromatic rings. The standard InChI is InChI=1S/C18H23Cl2N7O2/c19-13-5-12(6-14(20)16(13)22)25-18-24-9-15(27(28)29)17(26-18)23-8-11-3-1-10(7-21)2-4-11/h5-6,9-11H,1-4,7-8,21-22H2,(H2,23,24,25,26). The fourth-order valence-corrected chi connectivity index (χ4v) is 3.88. The van der Waals surface area contributed by atoms with Crippen LogP contribution in [0.25, 0.3) is 0 Å². The van der Waals surface area contributed by atoms with Gasteiger partial charge in [0.1, 0.15) is 6.20 Å². The normalized spacial score (nSPS) is 19.0. The highest BCUT2D eigenvalue weighted by Gasteiger charge is 2.22. The van der Waals surface area contributed by atoms with Gasteiger partial charge in [0.25, 0.3) is 0 Å².